The molecule has 38 heavy (non-hydrogen) atoms. The van der Waals surface area contributed by atoms with E-state index in [9.17, 15) is 9.59 Å². The highest BCUT2D eigenvalue weighted by molar-refractivity contribution is 5.94. The molecule has 5 heterocycles. The summed E-state index contributed by atoms with van der Waals surface area (Å²) in [5.41, 5.74) is 1.95. The Bertz CT molecular complexity index is 1300. The molecule has 3 aromatic heterocycles. The molecule has 1 N–H and O–H groups in total. The highest BCUT2D eigenvalue weighted by atomic mass is 16.2. The highest BCUT2D eigenvalue weighted by Gasteiger charge is 2.31. The van der Waals surface area contributed by atoms with E-state index in [1.165, 1.54) is 32.1 Å². The normalized spacial score (nSPS) is 19.6. The van der Waals surface area contributed by atoms with Crippen LogP contribution in [0.2, 0.25) is 0 Å². The third-order valence-corrected chi connectivity index (χ3v) is 8.40. The number of likely N-dealkylation sites (tertiary alicyclic amines) is 1. The van der Waals surface area contributed by atoms with Gasteiger partial charge in [-0.2, -0.15) is 0 Å². The lowest BCUT2D eigenvalue weighted by Crippen LogP contribution is -2.45. The summed E-state index contributed by atoms with van der Waals surface area (Å²) in [7, 11) is 0. The molecule has 0 unspecified atom stereocenters. The number of hydrogen-bond donors (Lipinski definition) is 1. The molecule has 0 spiro atoms. The zero-order valence-electron chi connectivity index (χ0n) is 21.9. The minimum absolute atomic E-state index is 0.0178. The van der Waals surface area contributed by atoms with E-state index in [-0.39, 0.29) is 17.6 Å². The van der Waals surface area contributed by atoms with Crippen LogP contribution in [0.3, 0.4) is 0 Å². The van der Waals surface area contributed by atoms with Gasteiger partial charge < -0.3 is 15.1 Å². The third kappa shape index (κ3) is 5.35. The van der Waals surface area contributed by atoms with Crippen molar-refractivity contribution in [1.82, 2.24) is 19.9 Å². The van der Waals surface area contributed by atoms with Crippen molar-refractivity contribution < 1.29 is 9.59 Å². The Labute approximate surface area is 223 Å². The van der Waals surface area contributed by atoms with Gasteiger partial charge in [0.15, 0.2) is 0 Å². The largest absolute Gasteiger partial charge is 0.367 e. The first-order valence-corrected chi connectivity index (χ1v) is 14.2. The number of rotatable bonds is 5. The van der Waals surface area contributed by atoms with Crippen LogP contribution in [0.25, 0.3) is 22.0 Å². The number of pyridine rings is 3. The van der Waals surface area contributed by atoms with Gasteiger partial charge >= 0.3 is 0 Å². The molecule has 8 heteroatoms. The minimum Gasteiger partial charge on any atom is -0.367 e. The monoisotopic (exact) mass is 512 g/mol. The molecule has 2 aliphatic heterocycles. The number of amides is 1. The van der Waals surface area contributed by atoms with Crippen LogP contribution in [-0.2, 0) is 9.59 Å². The summed E-state index contributed by atoms with van der Waals surface area (Å²) in [6, 6.07) is 8.77. The number of Topliss-reactive ketones (excluding diaryl/α,β-unsaturated/α-hetero) is 1. The van der Waals surface area contributed by atoms with Crippen molar-refractivity contribution in [2.75, 3.05) is 36.4 Å². The fourth-order valence-corrected chi connectivity index (χ4v) is 6.17. The summed E-state index contributed by atoms with van der Waals surface area (Å²) < 4.78 is 0. The molecule has 3 aromatic rings. The van der Waals surface area contributed by atoms with E-state index in [0.29, 0.717) is 32.0 Å². The van der Waals surface area contributed by atoms with Crippen LogP contribution in [0.15, 0.2) is 42.9 Å². The van der Waals surface area contributed by atoms with Crippen LogP contribution in [0.5, 0.6) is 0 Å². The van der Waals surface area contributed by atoms with Gasteiger partial charge in [-0.05, 0) is 49.9 Å². The topological polar surface area (TPSA) is 91.3 Å². The first-order chi connectivity index (χ1) is 18.6. The van der Waals surface area contributed by atoms with Crippen LogP contribution >= 0.6 is 0 Å². The first-order valence-electron chi connectivity index (χ1n) is 14.2. The number of nitrogens with zero attached hydrogens (tertiary/aromatic N) is 5. The van der Waals surface area contributed by atoms with Crippen LogP contribution < -0.4 is 10.2 Å². The standard InChI is InChI=1S/C30H36N6O2/c37-25-10-16-36(17-11-25)30(38)21-8-14-35(15-9-21)29-26-7-12-31-20-23(26)18-27(34-29)22-6-13-32-28(19-22)33-24-4-2-1-3-5-24/h6-7,12-13,18-21,24H,1-5,8-11,14-17H2,(H,32,33). The van der Waals surface area contributed by atoms with Crippen molar-refractivity contribution >= 4 is 34.1 Å². The maximum absolute atomic E-state index is 13.1. The minimum atomic E-state index is 0.0178. The molecule has 0 atom stereocenters. The summed E-state index contributed by atoms with van der Waals surface area (Å²) in [5, 5.41) is 5.77. The maximum atomic E-state index is 13.1. The molecule has 8 nitrogen and oxygen atoms in total. The van der Waals surface area contributed by atoms with E-state index in [0.717, 1.165) is 59.6 Å². The number of carbonyl (C=O) groups excluding carboxylic acids is 2. The second kappa shape index (κ2) is 11.1. The van der Waals surface area contributed by atoms with E-state index in [4.69, 9.17) is 4.98 Å². The predicted octanol–water partition coefficient (Wildman–Crippen LogP) is 4.84. The van der Waals surface area contributed by atoms with Crippen LogP contribution in [0.4, 0.5) is 11.6 Å². The number of nitrogens with one attached hydrogen (secondary N) is 1. The quantitative estimate of drug-likeness (QED) is 0.523. The second-order valence-corrected chi connectivity index (χ2v) is 11.0. The zero-order chi connectivity index (χ0) is 25.9. The summed E-state index contributed by atoms with van der Waals surface area (Å²) in [6.45, 7) is 2.70. The lowest BCUT2D eigenvalue weighted by Gasteiger charge is -2.36. The number of carbonyl (C=O) groups is 2. The number of fused-ring (bicyclic) bond motifs is 1. The molecule has 1 amide bonds. The average Bonchev–Trinajstić information content (AvgIpc) is 2.97. The Morgan fingerprint density at radius 2 is 1.71 bits per heavy atom. The van der Waals surface area contributed by atoms with E-state index >= 15 is 0 Å². The number of anilines is 2. The van der Waals surface area contributed by atoms with Crippen molar-refractivity contribution in [3.05, 3.63) is 42.9 Å². The summed E-state index contributed by atoms with van der Waals surface area (Å²) >= 11 is 0. The summed E-state index contributed by atoms with van der Waals surface area (Å²) in [4.78, 5) is 43.0. The number of ketones is 1. The lowest BCUT2D eigenvalue weighted by molar-refractivity contribution is -0.138. The number of hydrogen-bond acceptors (Lipinski definition) is 7. The molecule has 198 valence electrons. The molecule has 3 fully saturated rings. The van der Waals surface area contributed by atoms with Gasteiger partial charge in [0.25, 0.3) is 0 Å². The first kappa shape index (κ1) is 24.8. The van der Waals surface area contributed by atoms with E-state index in [1.54, 1.807) is 0 Å². The van der Waals surface area contributed by atoms with Crippen molar-refractivity contribution in [2.24, 2.45) is 5.92 Å². The Balaban J connectivity index is 1.21. The molecule has 0 aromatic carbocycles. The molecule has 1 saturated carbocycles. The average molecular weight is 513 g/mol. The third-order valence-electron chi connectivity index (χ3n) is 8.40. The lowest BCUT2D eigenvalue weighted by atomic mass is 9.94. The molecule has 3 aliphatic rings. The molecule has 0 bridgehead atoms. The Morgan fingerprint density at radius 1 is 0.921 bits per heavy atom. The Hall–Kier alpha value is -3.55. The van der Waals surface area contributed by atoms with Crippen molar-refractivity contribution in [3.8, 4) is 11.3 Å². The van der Waals surface area contributed by atoms with E-state index in [1.807, 2.05) is 35.6 Å². The van der Waals surface area contributed by atoms with Crippen molar-refractivity contribution in [1.29, 1.82) is 0 Å². The van der Waals surface area contributed by atoms with Gasteiger partial charge in [0.05, 0.1) is 5.69 Å². The van der Waals surface area contributed by atoms with Gasteiger partial charge in [-0.15, -0.1) is 0 Å². The number of aromatic nitrogens is 3. The molecular formula is C30H36N6O2. The van der Waals surface area contributed by atoms with E-state index in [2.05, 4.69) is 32.3 Å². The Kier molecular flexibility index (Phi) is 7.20. The maximum Gasteiger partial charge on any atom is 0.225 e. The van der Waals surface area contributed by atoms with Gasteiger partial charge in [-0.3, -0.25) is 14.6 Å². The van der Waals surface area contributed by atoms with Gasteiger partial charge in [0.2, 0.25) is 5.91 Å². The molecule has 2 saturated heterocycles. The highest BCUT2D eigenvalue weighted by Crippen LogP contribution is 2.33. The second-order valence-electron chi connectivity index (χ2n) is 11.0. The SMILES string of the molecule is O=C1CCN(C(=O)C2CCN(c3nc(-c4ccnc(NC5CCCCC5)c4)cc4cnccc34)CC2)CC1. The fraction of sp³-hybridized carbons (Fsp3) is 0.500. The molecule has 6 rings (SSSR count). The van der Waals surface area contributed by atoms with Gasteiger partial charge in [-0.25, -0.2) is 9.97 Å². The van der Waals surface area contributed by atoms with Gasteiger partial charge in [0.1, 0.15) is 17.4 Å². The smallest absolute Gasteiger partial charge is 0.225 e. The fourth-order valence-electron chi connectivity index (χ4n) is 6.17. The summed E-state index contributed by atoms with van der Waals surface area (Å²) in [6.07, 6.45) is 14.4. The van der Waals surface area contributed by atoms with Crippen molar-refractivity contribution in [3.63, 3.8) is 0 Å². The van der Waals surface area contributed by atoms with E-state index < -0.39 is 0 Å². The zero-order valence-corrected chi connectivity index (χ0v) is 21.9. The van der Waals surface area contributed by atoms with Crippen molar-refractivity contribution in [2.45, 2.75) is 63.8 Å². The van der Waals surface area contributed by atoms with Gasteiger partial charge in [-0.1, -0.05) is 19.3 Å². The Morgan fingerprint density at radius 3 is 2.50 bits per heavy atom. The van der Waals surface area contributed by atoms with Crippen LogP contribution in [0, 0.1) is 5.92 Å². The summed E-state index contributed by atoms with van der Waals surface area (Å²) in [5.74, 6) is 2.35. The number of piperidine rings is 2. The van der Waals surface area contributed by atoms with Crippen LogP contribution in [-0.4, -0.2) is 63.8 Å². The van der Waals surface area contributed by atoms with Gasteiger partial charge in [0, 0.05) is 85.9 Å². The molecule has 1 aliphatic carbocycles. The predicted molar refractivity (Wildman–Crippen MR) is 149 cm³/mol. The molecule has 0 radical (unpaired) electrons. The molecular weight excluding hydrogens is 476 g/mol. The van der Waals surface area contributed by atoms with Crippen LogP contribution in [0.1, 0.15) is 57.8 Å².